The van der Waals surface area contributed by atoms with E-state index in [0.717, 1.165) is 16.7 Å². The van der Waals surface area contributed by atoms with Crippen molar-refractivity contribution in [3.8, 4) is 28.7 Å². The van der Waals surface area contributed by atoms with Crippen molar-refractivity contribution in [2.45, 2.75) is 20.0 Å². The molecule has 1 atom stereocenters. The number of carbonyl (C=O) groups excluding carboxylic acids is 1. The van der Waals surface area contributed by atoms with Crippen molar-refractivity contribution < 1.29 is 13.7 Å². The second-order valence-electron chi connectivity index (χ2n) is 8.91. The highest BCUT2D eigenvalue weighted by Crippen LogP contribution is 2.36. The number of aliphatic imine (C=N–C) groups is 1. The highest BCUT2D eigenvalue weighted by molar-refractivity contribution is 6.19. The maximum absolute atomic E-state index is 13.2. The Hall–Kier alpha value is -5.56. The lowest BCUT2D eigenvalue weighted by atomic mass is 9.96. The van der Waals surface area contributed by atoms with Gasteiger partial charge in [0.15, 0.2) is 0 Å². The van der Waals surface area contributed by atoms with Crippen LogP contribution in [0.3, 0.4) is 0 Å². The van der Waals surface area contributed by atoms with Crippen LogP contribution in [0.5, 0.6) is 0 Å². The maximum atomic E-state index is 13.2. The fraction of sp³-hybridized carbons (Fsp3) is 0.103. The number of aryl methyl sites for hydroxylation is 2. The number of amides is 1. The molecule has 1 amide bonds. The number of carbonyl (C=O) groups is 1. The van der Waals surface area contributed by atoms with Crippen molar-refractivity contribution in [1.29, 1.82) is 5.26 Å². The van der Waals surface area contributed by atoms with Crippen molar-refractivity contribution in [3.63, 3.8) is 0 Å². The van der Waals surface area contributed by atoms with Crippen LogP contribution in [-0.4, -0.2) is 33.1 Å². The molecule has 5 aromatic rings. The highest BCUT2D eigenvalue weighted by atomic mass is 16.5. The van der Waals surface area contributed by atoms with Gasteiger partial charge in [0.25, 0.3) is 5.91 Å². The summed E-state index contributed by atoms with van der Waals surface area (Å²) in [6.07, 6.45) is -1.04. The molecule has 3 aromatic carbocycles. The zero-order valence-electron chi connectivity index (χ0n) is 21.0. The minimum Gasteiger partial charge on any atom is -0.403 e. The molecule has 1 aliphatic heterocycles. The Morgan fingerprint density at radius 1 is 0.949 bits per heavy atom. The summed E-state index contributed by atoms with van der Waals surface area (Å²) in [4.78, 5) is 17.9. The number of benzodiazepines with no additional fused rings is 1. The third-order valence-corrected chi connectivity index (χ3v) is 6.36. The van der Waals surface area contributed by atoms with E-state index in [-0.39, 0.29) is 17.8 Å². The molecule has 0 saturated heterocycles. The molecule has 10 nitrogen and oxygen atoms in total. The van der Waals surface area contributed by atoms with Crippen LogP contribution >= 0.6 is 0 Å². The first-order valence-corrected chi connectivity index (χ1v) is 12.1. The molecule has 0 fully saturated rings. The van der Waals surface area contributed by atoms with Crippen molar-refractivity contribution in [1.82, 2.24) is 15.4 Å². The molecule has 0 saturated carbocycles. The van der Waals surface area contributed by atoms with E-state index in [9.17, 15) is 10.1 Å². The Balaban J connectivity index is 1.38. The zero-order chi connectivity index (χ0) is 26.9. The first-order chi connectivity index (χ1) is 19.0. The lowest BCUT2D eigenvalue weighted by molar-refractivity contribution is -0.116. The number of hydrogen-bond donors (Lipinski definition) is 2. The van der Waals surface area contributed by atoms with Crippen LogP contribution in [0, 0.1) is 25.2 Å². The molecule has 1 aliphatic rings. The van der Waals surface area contributed by atoms with Crippen molar-refractivity contribution in [2.75, 3.05) is 10.6 Å². The number of nitrogens with zero attached hydrogens (tertiary/aromatic N) is 5. The molecule has 2 aromatic heterocycles. The minimum atomic E-state index is -1.04. The molecular formula is C29H21N7O3. The summed E-state index contributed by atoms with van der Waals surface area (Å²) in [5.41, 5.74) is 6.10. The SMILES string of the molecule is Cc1noc(C)c1-c1cc(C#N)ccc1-c1nnc(N[C@H]2N=C(c3ccccc3)c3ccccc3NC2=O)o1. The van der Waals surface area contributed by atoms with Gasteiger partial charge in [-0.3, -0.25) is 4.79 Å². The molecule has 0 aliphatic carbocycles. The molecule has 6 rings (SSSR count). The Morgan fingerprint density at radius 2 is 1.74 bits per heavy atom. The lowest BCUT2D eigenvalue weighted by Crippen LogP contribution is -2.32. The summed E-state index contributed by atoms with van der Waals surface area (Å²) in [5, 5.41) is 27.7. The molecule has 2 N–H and O–H groups in total. The van der Waals surface area contributed by atoms with Gasteiger partial charge in [-0.25, -0.2) is 4.99 Å². The van der Waals surface area contributed by atoms with Crippen LogP contribution < -0.4 is 10.6 Å². The summed E-state index contributed by atoms with van der Waals surface area (Å²) in [5.74, 6) is 0.420. The van der Waals surface area contributed by atoms with Crippen LogP contribution in [0.1, 0.15) is 28.1 Å². The van der Waals surface area contributed by atoms with Crippen LogP contribution in [0.2, 0.25) is 0 Å². The Labute approximate surface area is 223 Å². The van der Waals surface area contributed by atoms with Gasteiger partial charge < -0.3 is 19.6 Å². The van der Waals surface area contributed by atoms with E-state index >= 15 is 0 Å². The molecule has 0 radical (unpaired) electrons. The summed E-state index contributed by atoms with van der Waals surface area (Å²) >= 11 is 0. The molecule has 0 spiro atoms. The zero-order valence-corrected chi connectivity index (χ0v) is 21.0. The monoisotopic (exact) mass is 515 g/mol. The van der Waals surface area contributed by atoms with Crippen LogP contribution in [0.15, 0.2) is 86.7 Å². The van der Waals surface area contributed by atoms with E-state index in [1.165, 1.54) is 0 Å². The number of anilines is 2. The van der Waals surface area contributed by atoms with Gasteiger partial charge in [-0.1, -0.05) is 58.8 Å². The molecule has 0 bridgehead atoms. The maximum Gasteiger partial charge on any atom is 0.317 e. The van der Waals surface area contributed by atoms with E-state index in [1.807, 2.05) is 61.5 Å². The summed E-state index contributed by atoms with van der Waals surface area (Å²) in [7, 11) is 0. The number of para-hydroxylation sites is 1. The third-order valence-electron chi connectivity index (χ3n) is 6.36. The average Bonchev–Trinajstić information content (AvgIpc) is 3.53. The summed E-state index contributed by atoms with van der Waals surface area (Å²) in [6, 6.07) is 24.4. The second-order valence-corrected chi connectivity index (χ2v) is 8.91. The highest BCUT2D eigenvalue weighted by Gasteiger charge is 2.28. The van der Waals surface area contributed by atoms with Crippen molar-refractivity contribution >= 4 is 23.3 Å². The Kier molecular flexibility index (Phi) is 5.93. The fourth-order valence-corrected chi connectivity index (χ4v) is 4.56. The molecule has 190 valence electrons. The predicted molar refractivity (Wildman–Crippen MR) is 144 cm³/mol. The summed E-state index contributed by atoms with van der Waals surface area (Å²) in [6.45, 7) is 3.62. The molecule has 0 unspecified atom stereocenters. The number of aromatic nitrogens is 3. The van der Waals surface area contributed by atoms with E-state index in [2.05, 4.69) is 32.1 Å². The Morgan fingerprint density at radius 3 is 2.51 bits per heavy atom. The van der Waals surface area contributed by atoms with Gasteiger partial charge in [-0.15, -0.1) is 5.10 Å². The third kappa shape index (κ3) is 4.42. The quantitative estimate of drug-likeness (QED) is 0.329. The number of benzene rings is 3. The molecule has 39 heavy (non-hydrogen) atoms. The fourth-order valence-electron chi connectivity index (χ4n) is 4.56. The van der Waals surface area contributed by atoms with E-state index < -0.39 is 6.17 Å². The van der Waals surface area contributed by atoms with Gasteiger partial charge in [0.05, 0.1) is 28.7 Å². The Bertz CT molecular complexity index is 1760. The summed E-state index contributed by atoms with van der Waals surface area (Å²) < 4.78 is 11.3. The van der Waals surface area contributed by atoms with E-state index in [1.54, 1.807) is 25.1 Å². The molecule has 3 heterocycles. The van der Waals surface area contributed by atoms with Gasteiger partial charge in [-0.05, 0) is 38.1 Å². The van der Waals surface area contributed by atoms with E-state index in [4.69, 9.17) is 13.9 Å². The van der Waals surface area contributed by atoms with Crippen LogP contribution in [-0.2, 0) is 4.79 Å². The van der Waals surface area contributed by atoms with Gasteiger partial charge in [0.2, 0.25) is 12.1 Å². The number of hydrogen-bond acceptors (Lipinski definition) is 9. The van der Waals surface area contributed by atoms with Gasteiger partial charge in [0, 0.05) is 27.8 Å². The van der Waals surface area contributed by atoms with E-state index in [0.29, 0.717) is 39.5 Å². The molecule has 10 heteroatoms. The van der Waals surface area contributed by atoms with Crippen LogP contribution in [0.4, 0.5) is 11.7 Å². The number of nitrogens with one attached hydrogen (secondary N) is 2. The number of nitriles is 1. The largest absolute Gasteiger partial charge is 0.403 e. The minimum absolute atomic E-state index is 0.0151. The van der Waals surface area contributed by atoms with Crippen LogP contribution in [0.25, 0.3) is 22.6 Å². The molecular weight excluding hydrogens is 494 g/mol. The first-order valence-electron chi connectivity index (χ1n) is 12.1. The average molecular weight is 516 g/mol. The first kappa shape index (κ1) is 23.8. The number of fused-ring (bicyclic) bond motifs is 1. The number of rotatable bonds is 5. The second kappa shape index (κ2) is 9.72. The van der Waals surface area contributed by atoms with Crippen molar-refractivity contribution in [3.05, 3.63) is 101 Å². The van der Waals surface area contributed by atoms with Gasteiger partial charge in [-0.2, -0.15) is 5.26 Å². The van der Waals surface area contributed by atoms with Gasteiger partial charge >= 0.3 is 6.01 Å². The normalized spacial score (nSPS) is 14.5. The smallest absolute Gasteiger partial charge is 0.317 e. The van der Waals surface area contributed by atoms with Gasteiger partial charge in [0.1, 0.15) is 5.76 Å². The predicted octanol–water partition coefficient (Wildman–Crippen LogP) is 5.11. The standard InChI is InChI=1S/C29H21N7O3/c1-16-24(17(2)39-36-16)22-14-18(15-30)12-13-20(22)28-34-35-29(38-28)33-26-27(37)31-23-11-7-6-10-21(23)25(32-26)19-8-4-3-5-9-19/h3-14,26H,1-2H3,(H,31,37)(H,33,35)/t26-/m1/s1. The van der Waals surface area contributed by atoms with Crippen molar-refractivity contribution in [2.24, 2.45) is 4.99 Å². The lowest BCUT2D eigenvalue weighted by Gasteiger charge is -2.11. The topological polar surface area (TPSA) is 142 Å².